The number of hydrogen-bond donors (Lipinski definition) is 2. The summed E-state index contributed by atoms with van der Waals surface area (Å²) < 4.78 is 31.5. The van der Waals surface area contributed by atoms with Crippen molar-refractivity contribution in [3.05, 3.63) is 98.1 Å². The molecule has 0 aromatic heterocycles. The molecular formula is C28H34N3O7P. The Kier molecular flexibility index (Phi) is 8.71. The van der Waals surface area contributed by atoms with Crippen LogP contribution in [0.5, 0.6) is 0 Å². The second-order valence-electron chi connectivity index (χ2n) is 10.5. The first-order valence-electron chi connectivity index (χ1n) is 12.8. The van der Waals surface area contributed by atoms with Gasteiger partial charge < -0.3 is 24.4 Å². The number of carbonyl (C=O) groups is 1. The smallest absolute Gasteiger partial charge is 0.360 e. The highest BCUT2D eigenvalue weighted by atomic mass is 31.2. The minimum Gasteiger partial charge on any atom is -0.461 e. The molecule has 208 valence electrons. The van der Waals surface area contributed by atoms with Gasteiger partial charge in [-0.2, -0.15) is 0 Å². The quantitative estimate of drug-likeness (QED) is 0.138. The van der Waals surface area contributed by atoms with Crippen molar-refractivity contribution in [2.45, 2.75) is 40.2 Å². The molecule has 0 bridgehead atoms. The SMILES string of the molecule is CC1=C(C(=O)OCCNCc2ccccc2)C(c2cccc([N+](=O)[O-])c2)C(P2(=O)OCC(C)(C)CO2)=C(C)N1. The maximum absolute atomic E-state index is 14.1. The second kappa shape index (κ2) is 11.8. The van der Waals surface area contributed by atoms with E-state index >= 15 is 0 Å². The summed E-state index contributed by atoms with van der Waals surface area (Å²) in [5.41, 5.74) is 2.24. The zero-order valence-corrected chi connectivity index (χ0v) is 23.5. The van der Waals surface area contributed by atoms with E-state index < -0.39 is 24.4 Å². The Morgan fingerprint density at radius 1 is 1.13 bits per heavy atom. The van der Waals surface area contributed by atoms with E-state index in [-0.39, 0.29) is 41.8 Å². The number of hydrogen-bond acceptors (Lipinski definition) is 9. The van der Waals surface area contributed by atoms with Gasteiger partial charge in [-0.25, -0.2) is 4.79 Å². The van der Waals surface area contributed by atoms with Gasteiger partial charge in [-0.1, -0.05) is 56.3 Å². The maximum atomic E-state index is 14.1. The van der Waals surface area contributed by atoms with Crippen molar-refractivity contribution in [1.82, 2.24) is 10.6 Å². The zero-order valence-electron chi connectivity index (χ0n) is 22.6. The molecule has 10 nitrogen and oxygen atoms in total. The van der Waals surface area contributed by atoms with Crippen LogP contribution in [0.3, 0.4) is 0 Å². The topological polar surface area (TPSA) is 129 Å². The molecule has 4 rings (SSSR count). The van der Waals surface area contributed by atoms with Gasteiger partial charge in [-0.05, 0) is 25.0 Å². The van der Waals surface area contributed by atoms with Crippen molar-refractivity contribution in [3.8, 4) is 0 Å². The lowest BCUT2D eigenvalue weighted by atomic mass is 9.86. The molecule has 2 aromatic carbocycles. The van der Waals surface area contributed by atoms with Crippen molar-refractivity contribution >= 4 is 19.3 Å². The van der Waals surface area contributed by atoms with Crippen molar-refractivity contribution in [2.75, 3.05) is 26.4 Å². The molecule has 1 saturated heterocycles. The fourth-order valence-electron chi connectivity index (χ4n) is 4.62. The third-order valence-corrected chi connectivity index (χ3v) is 8.71. The van der Waals surface area contributed by atoms with Crippen LogP contribution < -0.4 is 10.6 Å². The summed E-state index contributed by atoms with van der Waals surface area (Å²) >= 11 is 0. The summed E-state index contributed by atoms with van der Waals surface area (Å²) in [6.07, 6.45) is 0. The Labute approximate surface area is 228 Å². The molecule has 0 aliphatic carbocycles. The van der Waals surface area contributed by atoms with E-state index in [0.29, 0.717) is 30.0 Å². The maximum Gasteiger partial charge on any atom is 0.360 e. The molecule has 1 fully saturated rings. The predicted octanol–water partition coefficient (Wildman–Crippen LogP) is 5.39. The standard InChI is InChI=1S/C28H34N3O7P/c1-19-24(27(32)36-14-13-29-16-21-9-6-5-7-10-21)25(22-11-8-12-23(15-22)31(33)34)26(20(2)30-19)39(35)37-17-28(3,4)18-38-39/h5-12,15,25,29-30H,13-14,16-18H2,1-4H3. The first-order valence-corrected chi connectivity index (χ1v) is 14.3. The van der Waals surface area contributed by atoms with Crippen LogP contribution in [0.4, 0.5) is 5.69 Å². The molecule has 0 radical (unpaired) electrons. The van der Waals surface area contributed by atoms with Gasteiger partial charge in [0.2, 0.25) is 0 Å². The van der Waals surface area contributed by atoms with Gasteiger partial charge >= 0.3 is 13.6 Å². The Bertz CT molecular complexity index is 1340. The molecule has 11 heteroatoms. The van der Waals surface area contributed by atoms with Crippen molar-refractivity contribution in [1.29, 1.82) is 0 Å². The number of benzene rings is 2. The molecule has 2 N–H and O–H groups in total. The van der Waals surface area contributed by atoms with Gasteiger partial charge in [-0.3, -0.25) is 14.7 Å². The van der Waals surface area contributed by atoms with Gasteiger partial charge in [0.15, 0.2) is 0 Å². The van der Waals surface area contributed by atoms with Crippen LogP contribution in [-0.2, 0) is 29.7 Å². The summed E-state index contributed by atoms with van der Waals surface area (Å²) in [4.78, 5) is 24.6. The monoisotopic (exact) mass is 555 g/mol. The number of ether oxygens (including phenoxy) is 1. The average Bonchev–Trinajstić information content (AvgIpc) is 2.90. The van der Waals surface area contributed by atoms with E-state index in [1.54, 1.807) is 19.9 Å². The van der Waals surface area contributed by atoms with Crippen LogP contribution in [0, 0.1) is 15.5 Å². The van der Waals surface area contributed by atoms with Crippen molar-refractivity contribution < 1.29 is 28.1 Å². The number of esters is 1. The third-order valence-electron chi connectivity index (χ3n) is 6.59. The van der Waals surface area contributed by atoms with Crippen LogP contribution in [0.25, 0.3) is 0 Å². The van der Waals surface area contributed by atoms with Gasteiger partial charge in [0.1, 0.15) is 6.61 Å². The van der Waals surface area contributed by atoms with Crippen molar-refractivity contribution in [3.63, 3.8) is 0 Å². The Morgan fingerprint density at radius 3 is 2.49 bits per heavy atom. The van der Waals surface area contributed by atoms with E-state index in [9.17, 15) is 19.5 Å². The number of nitro groups is 1. The molecule has 0 amide bonds. The van der Waals surface area contributed by atoms with E-state index in [0.717, 1.165) is 5.56 Å². The number of nitrogens with one attached hydrogen (secondary N) is 2. The highest BCUT2D eigenvalue weighted by molar-refractivity contribution is 7.58. The number of nitro benzene ring substituents is 1. The molecular weight excluding hydrogens is 521 g/mol. The largest absolute Gasteiger partial charge is 0.461 e. The fraction of sp³-hybridized carbons (Fsp3) is 0.393. The fourth-order valence-corrected chi connectivity index (χ4v) is 7.07. The third kappa shape index (κ3) is 6.65. The molecule has 2 aromatic rings. The highest BCUT2D eigenvalue weighted by Gasteiger charge is 2.48. The average molecular weight is 556 g/mol. The molecule has 39 heavy (non-hydrogen) atoms. The number of rotatable bonds is 9. The van der Waals surface area contributed by atoms with E-state index in [4.69, 9.17) is 13.8 Å². The number of nitrogens with zero attached hydrogens (tertiary/aromatic N) is 1. The zero-order chi connectivity index (χ0) is 28.2. The van der Waals surface area contributed by atoms with Crippen LogP contribution in [0.15, 0.2) is 76.9 Å². The van der Waals surface area contributed by atoms with Crippen molar-refractivity contribution in [2.24, 2.45) is 5.41 Å². The Balaban J connectivity index is 1.62. The minimum absolute atomic E-state index is 0.0982. The van der Waals surface area contributed by atoms with Gasteiger partial charge in [-0.15, -0.1) is 0 Å². The van der Waals surface area contributed by atoms with Crippen LogP contribution in [-0.4, -0.2) is 37.3 Å². The number of carbonyl (C=O) groups excluding carboxylic acids is 1. The molecule has 0 spiro atoms. The first kappa shape index (κ1) is 28.7. The Hall–Kier alpha value is -3.30. The first-order chi connectivity index (χ1) is 18.5. The number of allylic oxidation sites excluding steroid dienone is 3. The summed E-state index contributed by atoms with van der Waals surface area (Å²) in [7, 11) is -3.87. The van der Waals surface area contributed by atoms with E-state index in [2.05, 4.69) is 10.6 Å². The summed E-state index contributed by atoms with van der Waals surface area (Å²) in [5.74, 6) is -1.55. The lowest BCUT2D eigenvalue weighted by molar-refractivity contribution is -0.384. The normalized spacial score (nSPS) is 20.4. The summed E-state index contributed by atoms with van der Waals surface area (Å²) in [6.45, 7) is 8.85. The highest BCUT2D eigenvalue weighted by Crippen LogP contribution is 2.66. The summed E-state index contributed by atoms with van der Waals surface area (Å²) in [5, 5.41) is 18.2. The van der Waals surface area contributed by atoms with Gasteiger partial charge in [0.25, 0.3) is 5.69 Å². The van der Waals surface area contributed by atoms with Gasteiger partial charge in [0, 0.05) is 42.0 Å². The van der Waals surface area contributed by atoms with Crippen LogP contribution in [0.2, 0.25) is 0 Å². The van der Waals surface area contributed by atoms with E-state index in [1.165, 1.54) is 18.2 Å². The van der Waals surface area contributed by atoms with Gasteiger partial charge in [0.05, 0.1) is 34.9 Å². The molecule has 1 atom stereocenters. The van der Waals surface area contributed by atoms with Crippen LogP contribution >= 0.6 is 7.60 Å². The molecule has 0 saturated carbocycles. The van der Waals surface area contributed by atoms with E-state index in [1.807, 2.05) is 44.2 Å². The predicted molar refractivity (Wildman–Crippen MR) is 147 cm³/mol. The molecule has 1 unspecified atom stereocenters. The number of non-ortho nitro benzene ring substituents is 1. The molecule has 2 aliphatic rings. The second-order valence-corrected chi connectivity index (χ2v) is 12.5. The minimum atomic E-state index is -3.87. The summed E-state index contributed by atoms with van der Waals surface area (Å²) in [6, 6.07) is 15.8. The lowest BCUT2D eigenvalue weighted by Gasteiger charge is -2.39. The molecule has 2 aliphatic heterocycles. The molecule has 2 heterocycles. The lowest BCUT2D eigenvalue weighted by Crippen LogP contribution is -2.34. The van der Waals surface area contributed by atoms with Crippen LogP contribution in [0.1, 0.15) is 44.7 Å². The Morgan fingerprint density at radius 2 is 1.82 bits per heavy atom. The number of dihydropyridines is 1.